The quantitative estimate of drug-likeness (QED) is 0.825. The third kappa shape index (κ3) is 3.89. The van der Waals surface area contributed by atoms with Crippen LogP contribution in [-0.2, 0) is 6.18 Å². The average molecular weight is 376 g/mol. The molecule has 0 N–H and O–H groups in total. The smallest absolute Gasteiger partial charge is 0.352 e. The van der Waals surface area contributed by atoms with Crippen molar-refractivity contribution < 1.29 is 18.0 Å². The molecule has 2 heterocycles. The molecule has 0 bridgehead atoms. The van der Waals surface area contributed by atoms with Gasteiger partial charge in [-0.15, -0.1) is 5.10 Å². The Labute approximate surface area is 154 Å². The number of hydrogen-bond acceptors (Lipinski definition) is 4. The van der Waals surface area contributed by atoms with Gasteiger partial charge in [0.15, 0.2) is 5.82 Å². The van der Waals surface area contributed by atoms with Gasteiger partial charge in [0.25, 0.3) is 5.91 Å². The topological polar surface area (TPSA) is 49.3 Å². The molecule has 1 saturated carbocycles. The minimum atomic E-state index is -4.40. The van der Waals surface area contributed by atoms with Crippen LogP contribution in [0.4, 0.5) is 19.0 Å². The monoisotopic (exact) mass is 376 g/mol. The van der Waals surface area contributed by atoms with E-state index in [9.17, 15) is 18.0 Å². The summed E-state index contributed by atoms with van der Waals surface area (Å²) < 4.78 is 37.9. The molecule has 2 aliphatic rings. The molecular formula is C19H19F3N4O. The van der Waals surface area contributed by atoms with Gasteiger partial charge in [-0.25, -0.2) is 0 Å². The highest BCUT2D eigenvalue weighted by atomic mass is 19.4. The van der Waals surface area contributed by atoms with Crippen LogP contribution >= 0.6 is 0 Å². The zero-order chi connectivity index (χ0) is 19.0. The van der Waals surface area contributed by atoms with E-state index in [4.69, 9.17) is 0 Å². The van der Waals surface area contributed by atoms with E-state index >= 15 is 0 Å². The molecule has 1 saturated heterocycles. The van der Waals surface area contributed by atoms with Crippen molar-refractivity contribution in [2.45, 2.75) is 24.9 Å². The Bertz CT molecular complexity index is 808. The number of hydrogen-bond donors (Lipinski definition) is 0. The van der Waals surface area contributed by atoms with Crippen molar-refractivity contribution in [3.8, 4) is 0 Å². The Hall–Kier alpha value is -2.64. The number of piperazine rings is 1. The van der Waals surface area contributed by atoms with Gasteiger partial charge in [-0.1, -0.05) is 0 Å². The number of aromatic nitrogens is 2. The number of alkyl halides is 3. The van der Waals surface area contributed by atoms with Crippen LogP contribution in [0.3, 0.4) is 0 Å². The molecule has 142 valence electrons. The summed E-state index contributed by atoms with van der Waals surface area (Å²) in [6.45, 7) is 2.21. The Balaban J connectivity index is 1.36. The molecule has 27 heavy (non-hydrogen) atoms. The van der Waals surface area contributed by atoms with Crippen LogP contribution in [0, 0.1) is 0 Å². The number of carbonyl (C=O) groups excluding carboxylic acids is 1. The van der Waals surface area contributed by atoms with Crippen molar-refractivity contribution >= 4 is 11.7 Å². The van der Waals surface area contributed by atoms with Gasteiger partial charge in [0.1, 0.15) is 0 Å². The second-order valence-electron chi connectivity index (χ2n) is 6.95. The molecule has 1 aromatic carbocycles. The molecule has 0 atom stereocenters. The number of halogens is 3. The summed E-state index contributed by atoms with van der Waals surface area (Å²) >= 11 is 0. The van der Waals surface area contributed by atoms with Gasteiger partial charge in [-0.05, 0) is 49.2 Å². The molecule has 1 aromatic heterocycles. The van der Waals surface area contributed by atoms with Crippen LogP contribution in [0.5, 0.6) is 0 Å². The van der Waals surface area contributed by atoms with Crippen molar-refractivity contribution in [3.05, 3.63) is 53.2 Å². The van der Waals surface area contributed by atoms with Crippen molar-refractivity contribution in [2.24, 2.45) is 0 Å². The standard InChI is InChI=1S/C19H19F3N4O/c20-19(21,22)15-5-3-14(4-6-15)18(27)26-11-9-25(10-12-26)17-8-7-16(23-24-17)13-1-2-13/h3-8,13H,1-2,9-12H2. The number of carbonyl (C=O) groups is 1. The molecule has 1 aliphatic heterocycles. The fourth-order valence-corrected chi connectivity index (χ4v) is 3.22. The SMILES string of the molecule is O=C(c1ccc(C(F)(F)F)cc1)N1CCN(c2ccc(C3CC3)nn2)CC1. The first-order valence-electron chi connectivity index (χ1n) is 8.97. The second-order valence-corrected chi connectivity index (χ2v) is 6.95. The van der Waals surface area contributed by atoms with Crippen molar-refractivity contribution in [2.75, 3.05) is 31.1 Å². The van der Waals surface area contributed by atoms with Crippen LogP contribution in [-0.4, -0.2) is 47.2 Å². The summed E-state index contributed by atoms with van der Waals surface area (Å²) in [5.41, 5.74) is 0.553. The summed E-state index contributed by atoms with van der Waals surface area (Å²) in [6.07, 6.45) is -2.04. The van der Waals surface area contributed by atoms with Crippen molar-refractivity contribution in [1.82, 2.24) is 15.1 Å². The van der Waals surface area contributed by atoms with E-state index in [1.165, 1.54) is 25.0 Å². The van der Waals surface area contributed by atoms with Crippen LogP contribution in [0.25, 0.3) is 0 Å². The third-order valence-corrected chi connectivity index (χ3v) is 5.02. The van der Waals surface area contributed by atoms with Gasteiger partial charge in [0.2, 0.25) is 0 Å². The third-order valence-electron chi connectivity index (χ3n) is 5.02. The van der Waals surface area contributed by atoms with E-state index < -0.39 is 11.7 Å². The zero-order valence-electron chi connectivity index (χ0n) is 14.6. The molecule has 1 amide bonds. The number of nitrogens with zero attached hydrogens (tertiary/aromatic N) is 4. The van der Waals surface area contributed by atoms with E-state index in [0.717, 1.165) is 23.6 Å². The second kappa shape index (κ2) is 6.83. The number of amides is 1. The first-order chi connectivity index (χ1) is 12.9. The van der Waals surface area contributed by atoms with Crippen LogP contribution < -0.4 is 4.90 Å². The van der Waals surface area contributed by atoms with E-state index in [-0.39, 0.29) is 11.5 Å². The Morgan fingerprint density at radius 2 is 1.59 bits per heavy atom. The Morgan fingerprint density at radius 3 is 2.11 bits per heavy atom. The number of rotatable bonds is 3. The zero-order valence-corrected chi connectivity index (χ0v) is 14.6. The first kappa shape index (κ1) is 17.8. The minimum absolute atomic E-state index is 0.251. The lowest BCUT2D eigenvalue weighted by Gasteiger charge is -2.35. The van der Waals surface area contributed by atoms with Crippen LogP contribution in [0.1, 0.15) is 40.4 Å². The molecule has 0 radical (unpaired) electrons. The summed E-state index contributed by atoms with van der Waals surface area (Å²) in [5, 5.41) is 8.57. The fraction of sp³-hybridized carbons (Fsp3) is 0.421. The molecular weight excluding hydrogens is 357 g/mol. The van der Waals surface area contributed by atoms with E-state index in [1.807, 2.05) is 12.1 Å². The normalized spacial score (nSPS) is 17.9. The average Bonchev–Trinajstić information content (AvgIpc) is 3.52. The lowest BCUT2D eigenvalue weighted by atomic mass is 10.1. The highest BCUT2D eigenvalue weighted by Crippen LogP contribution is 2.38. The lowest BCUT2D eigenvalue weighted by molar-refractivity contribution is -0.137. The summed E-state index contributed by atoms with van der Waals surface area (Å²) in [7, 11) is 0. The largest absolute Gasteiger partial charge is 0.416 e. The maximum absolute atomic E-state index is 12.6. The fourth-order valence-electron chi connectivity index (χ4n) is 3.22. The van der Waals surface area contributed by atoms with Gasteiger partial charge >= 0.3 is 6.18 Å². The molecule has 1 aliphatic carbocycles. The summed E-state index contributed by atoms with van der Waals surface area (Å²) in [4.78, 5) is 16.3. The molecule has 8 heteroatoms. The Morgan fingerprint density at radius 1 is 0.926 bits per heavy atom. The predicted octanol–water partition coefficient (Wildman–Crippen LogP) is 3.34. The maximum Gasteiger partial charge on any atom is 0.416 e. The molecule has 0 spiro atoms. The van der Waals surface area contributed by atoms with Gasteiger partial charge < -0.3 is 9.80 Å². The molecule has 4 rings (SSSR count). The molecule has 2 fully saturated rings. The maximum atomic E-state index is 12.6. The highest BCUT2D eigenvalue weighted by Gasteiger charge is 2.31. The van der Waals surface area contributed by atoms with E-state index in [2.05, 4.69) is 15.1 Å². The van der Waals surface area contributed by atoms with Gasteiger partial charge in [-0.2, -0.15) is 18.3 Å². The van der Waals surface area contributed by atoms with Crippen molar-refractivity contribution in [1.29, 1.82) is 0 Å². The van der Waals surface area contributed by atoms with E-state index in [0.29, 0.717) is 32.1 Å². The lowest BCUT2D eigenvalue weighted by Crippen LogP contribution is -2.49. The molecule has 2 aromatic rings. The van der Waals surface area contributed by atoms with Gasteiger partial charge in [-0.3, -0.25) is 4.79 Å². The summed E-state index contributed by atoms with van der Waals surface area (Å²) in [6, 6.07) is 8.34. The molecule has 5 nitrogen and oxygen atoms in total. The van der Waals surface area contributed by atoms with Crippen molar-refractivity contribution in [3.63, 3.8) is 0 Å². The first-order valence-corrected chi connectivity index (χ1v) is 8.97. The predicted molar refractivity (Wildman–Crippen MR) is 93.6 cm³/mol. The number of anilines is 1. The van der Waals surface area contributed by atoms with Gasteiger partial charge in [0, 0.05) is 37.7 Å². The van der Waals surface area contributed by atoms with Crippen LogP contribution in [0.15, 0.2) is 36.4 Å². The minimum Gasteiger partial charge on any atom is -0.352 e. The highest BCUT2D eigenvalue weighted by molar-refractivity contribution is 5.94. The summed E-state index contributed by atoms with van der Waals surface area (Å²) in [5.74, 6) is 1.10. The Kier molecular flexibility index (Phi) is 4.49. The van der Waals surface area contributed by atoms with Crippen LogP contribution in [0.2, 0.25) is 0 Å². The van der Waals surface area contributed by atoms with E-state index in [1.54, 1.807) is 4.90 Å². The van der Waals surface area contributed by atoms with Gasteiger partial charge in [0.05, 0.1) is 11.3 Å². The molecule has 0 unspecified atom stereocenters. The number of benzene rings is 1.